The van der Waals surface area contributed by atoms with Crippen molar-refractivity contribution in [3.05, 3.63) is 64.2 Å². The van der Waals surface area contributed by atoms with Crippen molar-refractivity contribution in [1.82, 2.24) is 0 Å². The number of carbonyl (C=O) groups excluding carboxylic acids is 1. The predicted octanol–water partition coefficient (Wildman–Crippen LogP) is 5.18. The van der Waals surface area contributed by atoms with Crippen LogP contribution in [0.4, 0.5) is 32.0 Å². The fraction of sp³-hybridized carbons (Fsp3) is 0.176. The normalized spacial score (nSPS) is 13.1. The van der Waals surface area contributed by atoms with Crippen molar-refractivity contribution >= 4 is 29.2 Å². The van der Waals surface area contributed by atoms with Gasteiger partial charge in [-0.15, -0.1) is 0 Å². The first-order valence-corrected chi connectivity index (χ1v) is 7.75. The zero-order valence-corrected chi connectivity index (χ0v) is 14.3. The molecule has 1 amide bonds. The first-order chi connectivity index (χ1) is 12.8. The Morgan fingerprint density at radius 1 is 0.893 bits per heavy atom. The van der Waals surface area contributed by atoms with Gasteiger partial charge in [0.05, 0.1) is 11.1 Å². The highest BCUT2D eigenvalue weighted by Gasteiger charge is 2.37. The quantitative estimate of drug-likeness (QED) is 0.523. The minimum Gasteiger partial charge on any atom is -0.480 e. The molecule has 0 aromatic heterocycles. The molecule has 0 aliphatic carbocycles. The van der Waals surface area contributed by atoms with E-state index in [2.05, 4.69) is 0 Å². The van der Waals surface area contributed by atoms with Gasteiger partial charge < -0.3 is 10.4 Å². The predicted molar refractivity (Wildman–Crippen MR) is 86.9 cm³/mol. The van der Waals surface area contributed by atoms with E-state index in [0.29, 0.717) is 0 Å². The first kappa shape index (κ1) is 21.5. The number of carboxylic acid groups (broad SMARTS) is 1. The topological polar surface area (TPSA) is 66.4 Å². The van der Waals surface area contributed by atoms with Gasteiger partial charge in [-0.05, 0) is 35.9 Å². The third-order valence-electron chi connectivity index (χ3n) is 3.57. The molecule has 2 aromatic carbocycles. The Morgan fingerprint density at radius 2 is 1.36 bits per heavy atom. The van der Waals surface area contributed by atoms with Gasteiger partial charge in [0, 0.05) is 10.7 Å². The number of nitrogens with one attached hydrogen (secondary N) is 1. The van der Waals surface area contributed by atoms with Gasteiger partial charge >= 0.3 is 18.3 Å². The number of hydrogen-bond donors (Lipinski definition) is 2. The largest absolute Gasteiger partial charge is 0.480 e. The van der Waals surface area contributed by atoms with Gasteiger partial charge in [-0.2, -0.15) is 26.3 Å². The second-order valence-corrected chi connectivity index (χ2v) is 6.04. The van der Waals surface area contributed by atoms with E-state index in [9.17, 15) is 41.0 Å². The van der Waals surface area contributed by atoms with E-state index < -0.39 is 47.0 Å². The average molecular weight is 426 g/mol. The van der Waals surface area contributed by atoms with Crippen LogP contribution in [-0.2, 0) is 21.9 Å². The van der Waals surface area contributed by atoms with Crippen LogP contribution >= 0.6 is 11.6 Å². The van der Waals surface area contributed by atoms with Crippen LogP contribution in [0.15, 0.2) is 42.5 Å². The second kappa shape index (κ2) is 7.70. The molecule has 0 aliphatic heterocycles. The van der Waals surface area contributed by atoms with Crippen LogP contribution in [0.25, 0.3) is 0 Å². The van der Waals surface area contributed by atoms with E-state index in [-0.39, 0.29) is 28.8 Å². The number of halogens is 7. The van der Waals surface area contributed by atoms with E-state index >= 15 is 0 Å². The SMILES string of the molecule is O=C(O)C(C(=O)Nc1cc(C(F)(F)F)cc(C(F)(F)F)c1)c1ccc(Cl)cc1. The monoisotopic (exact) mass is 425 g/mol. The van der Waals surface area contributed by atoms with Gasteiger partial charge in [-0.1, -0.05) is 23.7 Å². The van der Waals surface area contributed by atoms with Gasteiger partial charge in [0.15, 0.2) is 5.92 Å². The standard InChI is InChI=1S/C17H10ClF6NO3/c18-11-3-1-8(2-4-11)13(15(27)28)14(26)25-12-6-9(16(19,20)21)5-10(7-12)17(22,23)24/h1-7,13H,(H,25,26)(H,27,28). The molecule has 1 unspecified atom stereocenters. The highest BCUT2D eigenvalue weighted by Crippen LogP contribution is 2.37. The maximum Gasteiger partial charge on any atom is 0.416 e. The summed E-state index contributed by atoms with van der Waals surface area (Å²) in [4.78, 5) is 23.7. The second-order valence-electron chi connectivity index (χ2n) is 5.61. The number of benzene rings is 2. The summed E-state index contributed by atoms with van der Waals surface area (Å²) in [6.07, 6.45) is -10.2. The Balaban J connectivity index is 2.43. The number of aliphatic carboxylic acids is 1. The molecule has 4 nitrogen and oxygen atoms in total. The Bertz CT molecular complexity index is 861. The molecule has 0 heterocycles. The summed E-state index contributed by atoms with van der Waals surface area (Å²) in [5.74, 6) is -4.84. The summed E-state index contributed by atoms with van der Waals surface area (Å²) in [7, 11) is 0. The minimum absolute atomic E-state index is 0.0579. The molecule has 0 aliphatic rings. The van der Waals surface area contributed by atoms with Gasteiger partial charge in [0.1, 0.15) is 0 Å². The third-order valence-corrected chi connectivity index (χ3v) is 3.82. The lowest BCUT2D eigenvalue weighted by atomic mass is 9.98. The summed E-state index contributed by atoms with van der Waals surface area (Å²) in [6.45, 7) is 0. The Morgan fingerprint density at radius 3 is 1.75 bits per heavy atom. The van der Waals surface area contributed by atoms with Crippen molar-refractivity contribution in [3.63, 3.8) is 0 Å². The van der Waals surface area contributed by atoms with Crippen LogP contribution in [0.3, 0.4) is 0 Å². The molecule has 0 bridgehead atoms. The summed E-state index contributed by atoms with van der Waals surface area (Å²) in [6, 6.07) is 5.44. The molecule has 0 saturated carbocycles. The van der Waals surface area contributed by atoms with Crippen LogP contribution in [0.1, 0.15) is 22.6 Å². The van der Waals surface area contributed by atoms with E-state index in [4.69, 9.17) is 11.6 Å². The van der Waals surface area contributed by atoms with E-state index in [1.807, 2.05) is 5.32 Å². The summed E-state index contributed by atoms with van der Waals surface area (Å²) in [5, 5.41) is 11.3. The smallest absolute Gasteiger partial charge is 0.416 e. The zero-order valence-electron chi connectivity index (χ0n) is 13.5. The molecule has 11 heteroatoms. The highest BCUT2D eigenvalue weighted by atomic mass is 35.5. The summed E-state index contributed by atoms with van der Waals surface area (Å²) in [5.41, 5.74) is -4.18. The fourth-order valence-corrected chi connectivity index (χ4v) is 2.43. The number of carboxylic acids is 1. The van der Waals surface area contributed by atoms with Crippen LogP contribution in [-0.4, -0.2) is 17.0 Å². The van der Waals surface area contributed by atoms with Gasteiger partial charge in [0.2, 0.25) is 5.91 Å². The molecule has 150 valence electrons. The molecule has 2 rings (SSSR count). The molecule has 0 spiro atoms. The van der Waals surface area contributed by atoms with Crippen molar-refractivity contribution in [3.8, 4) is 0 Å². The number of carbonyl (C=O) groups is 2. The Hall–Kier alpha value is -2.75. The number of alkyl halides is 6. The van der Waals surface area contributed by atoms with Gasteiger partial charge in [-0.25, -0.2) is 0 Å². The number of hydrogen-bond acceptors (Lipinski definition) is 2. The van der Waals surface area contributed by atoms with Crippen molar-refractivity contribution in [1.29, 1.82) is 0 Å². The highest BCUT2D eigenvalue weighted by molar-refractivity contribution is 6.30. The molecule has 1 atom stereocenters. The summed E-state index contributed by atoms with van der Waals surface area (Å²) < 4.78 is 77.3. The van der Waals surface area contributed by atoms with Crippen molar-refractivity contribution in [2.45, 2.75) is 18.3 Å². The molecule has 28 heavy (non-hydrogen) atoms. The third kappa shape index (κ3) is 5.16. The van der Waals surface area contributed by atoms with Crippen LogP contribution < -0.4 is 5.32 Å². The van der Waals surface area contributed by atoms with E-state index in [0.717, 1.165) is 0 Å². The molecule has 2 aromatic rings. The molecule has 0 saturated heterocycles. The molecule has 0 radical (unpaired) electrons. The number of rotatable bonds is 4. The fourth-order valence-electron chi connectivity index (χ4n) is 2.30. The van der Waals surface area contributed by atoms with Crippen molar-refractivity contribution < 1.29 is 41.0 Å². The van der Waals surface area contributed by atoms with Gasteiger partial charge in [-0.3, -0.25) is 9.59 Å². The van der Waals surface area contributed by atoms with E-state index in [1.165, 1.54) is 24.3 Å². The number of anilines is 1. The lowest BCUT2D eigenvalue weighted by Gasteiger charge is -2.17. The average Bonchev–Trinajstić information content (AvgIpc) is 2.54. The van der Waals surface area contributed by atoms with E-state index in [1.54, 1.807) is 0 Å². The lowest BCUT2D eigenvalue weighted by molar-refractivity contribution is -0.144. The molecule has 2 N–H and O–H groups in total. The van der Waals surface area contributed by atoms with Crippen LogP contribution in [0, 0.1) is 0 Å². The Labute approximate surface area is 158 Å². The lowest BCUT2D eigenvalue weighted by Crippen LogP contribution is -2.28. The Kier molecular flexibility index (Phi) is 5.93. The van der Waals surface area contributed by atoms with Gasteiger partial charge in [0.25, 0.3) is 0 Å². The van der Waals surface area contributed by atoms with Crippen LogP contribution in [0.5, 0.6) is 0 Å². The minimum atomic E-state index is -5.11. The first-order valence-electron chi connectivity index (χ1n) is 7.37. The molecule has 0 fully saturated rings. The zero-order chi connectivity index (χ0) is 21.3. The summed E-state index contributed by atoms with van der Waals surface area (Å²) >= 11 is 5.66. The maximum atomic E-state index is 12.9. The van der Waals surface area contributed by atoms with Crippen molar-refractivity contribution in [2.24, 2.45) is 0 Å². The van der Waals surface area contributed by atoms with Crippen molar-refractivity contribution in [2.75, 3.05) is 5.32 Å². The molecular formula is C17H10ClF6NO3. The maximum absolute atomic E-state index is 12.9. The van der Waals surface area contributed by atoms with Crippen LogP contribution in [0.2, 0.25) is 5.02 Å². The molecular weight excluding hydrogens is 416 g/mol. The number of amides is 1.